The Hall–Kier alpha value is -1.92. The van der Waals surface area contributed by atoms with Gasteiger partial charge in [-0.05, 0) is 36.6 Å². The fourth-order valence-corrected chi connectivity index (χ4v) is 1.69. The van der Waals surface area contributed by atoms with Crippen molar-refractivity contribution in [1.29, 1.82) is 0 Å². The number of halogens is 3. The summed E-state index contributed by atoms with van der Waals surface area (Å²) in [4.78, 5) is 11.5. The van der Waals surface area contributed by atoms with Crippen molar-refractivity contribution in [3.8, 4) is 5.75 Å². The number of amides is 1. The maximum absolute atomic E-state index is 12.0. The minimum atomic E-state index is -4.73. The number of nitrogens with one attached hydrogen (secondary N) is 1. The van der Waals surface area contributed by atoms with E-state index in [0.29, 0.717) is 12.3 Å². The highest BCUT2D eigenvalue weighted by molar-refractivity contribution is 5.84. The number of carbonyl (C=O) groups is 1. The number of carbonyl (C=O) groups excluding carboxylic acids is 1. The molecule has 1 aromatic rings. The van der Waals surface area contributed by atoms with Crippen LogP contribution in [0.4, 0.5) is 23.7 Å². The van der Waals surface area contributed by atoms with Crippen LogP contribution in [0.3, 0.4) is 0 Å². The smallest absolute Gasteiger partial charge is 0.449 e. The maximum atomic E-state index is 12.0. The third-order valence-electron chi connectivity index (χ3n) is 2.61. The van der Waals surface area contributed by atoms with E-state index in [2.05, 4.69) is 10.1 Å². The van der Waals surface area contributed by atoms with Gasteiger partial charge < -0.3 is 9.47 Å². The highest BCUT2D eigenvalue weighted by atomic mass is 19.4. The van der Waals surface area contributed by atoms with Gasteiger partial charge in [-0.15, -0.1) is 13.2 Å². The van der Waals surface area contributed by atoms with Gasteiger partial charge in [-0.1, -0.05) is 20.3 Å². The lowest BCUT2D eigenvalue weighted by Crippen LogP contribution is -2.18. The van der Waals surface area contributed by atoms with E-state index in [-0.39, 0.29) is 11.7 Å². The molecular weight excluding hydrogens is 287 g/mol. The van der Waals surface area contributed by atoms with Crippen molar-refractivity contribution in [3.05, 3.63) is 24.3 Å². The van der Waals surface area contributed by atoms with E-state index in [9.17, 15) is 18.0 Å². The van der Waals surface area contributed by atoms with Gasteiger partial charge in [0.15, 0.2) is 0 Å². The molecule has 1 N–H and O–H groups in total. The summed E-state index contributed by atoms with van der Waals surface area (Å²) in [6.45, 7) is 4.32. The predicted octanol–water partition coefficient (Wildman–Crippen LogP) is 4.57. The normalized spacial score (nSPS) is 12.6. The Morgan fingerprint density at radius 1 is 1.29 bits per heavy atom. The summed E-state index contributed by atoms with van der Waals surface area (Å²) in [5.74, 6) is -0.0821. The van der Waals surface area contributed by atoms with Crippen LogP contribution in [0.15, 0.2) is 24.3 Å². The molecule has 1 aromatic carbocycles. The number of rotatable bonds is 6. The predicted molar refractivity (Wildman–Crippen MR) is 72.2 cm³/mol. The number of hydrogen-bond acceptors (Lipinski definition) is 3. The molecule has 0 aliphatic rings. The van der Waals surface area contributed by atoms with E-state index in [4.69, 9.17) is 4.74 Å². The molecule has 118 valence electrons. The van der Waals surface area contributed by atoms with Gasteiger partial charge in [0.2, 0.25) is 0 Å². The average Bonchev–Trinajstić information content (AvgIpc) is 2.37. The van der Waals surface area contributed by atoms with Crippen molar-refractivity contribution in [1.82, 2.24) is 0 Å². The summed E-state index contributed by atoms with van der Waals surface area (Å²) in [5.41, 5.74) is 0.331. The van der Waals surface area contributed by atoms with Crippen molar-refractivity contribution in [2.75, 3.05) is 11.9 Å². The molecule has 4 nitrogen and oxygen atoms in total. The summed E-state index contributed by atoms with van der Waals surface area (Å²) < 4.78 is 44.7. The second-order valence-electron chi connectivity index (χ2n) is 4.69. The summed E-state index contributed by atoms with van der Waals surface area (Å²) in [6, 6.07) is 4.83. The summed E-state index contributed by atoms with van der Waals surface area (Å²) >= 11 is 0. The van der Waals surface area contributed by atoms with E-state index in [1.165, 1.54) is 12.1 Å². The molecule has 0 aromatic heterocycles. The van der Waals surface area contributed by atoms with Gasteiger partial charge in [0.05, 0.1) is 6.61 Å². The Labute approximate surface area is 121 Å². The van der Waals surface area contributed by atoms with Crippen molar-refractivity contribution in [3.63, 3.8) is 0 Å². The Balaban J connectivity index is 2.43. The largest absolute Gasteiger partial charge is 0.573 e. The Morgan fingerprint density at radius 2 is 1.90 bits per heavy atom. The third kappa shape index (κ3) is 7.43. The number of alkyl halides is 3. The Bertz CT molecular complexity index is 446. The van der Waals surface area contributed by atoms with E-state index in [1.807, 2.05) is 13.8 Å². The molecule has 0 bridgehead atoms. The monoisotopic (exact) mass is 305 g/mol. The molecule has 0 unspecified atom stereocenters. The maximum Gasteiger partial charge on any atom is 0.573 e. The lowest BCUT2D eigenvalue weighted by atomic mass is 10.1. The zero-order chi connectivity index (χ0) is 15.9. The van der Waals surface area contributed by atoms with Gasteiger partial charge in [-0.2, -0.15) is 0 Å². The van der Waals surface area contributed by atoms with Gasteiger partial charge in [-0.3, -0.25) is 5.32 Å². The third-order valence-corrected chi connectivity index (χ3v) is 2.61. The SMILES string of the molecule is CCC[C@@H](C)COC(=O)Nc1ccc(OC(F)(F)F)cc1. The van der Waals surface area contributed by atoms with Gasteiger partial charge >= 0.3 is 12.5 Å². The van der Waals surface area contributed by atoms with Gasteiger partial charge in [-0.25, -0.2) is 4.79 Å². The summed E-state index contributed by atoms with van der Waals surface area (Å²) in [6.07, 6.45) is -3.41. The van der Waals surface area contributed by atoms with Crippen LogP contribution in [0.2, 0.25) is 0 Å². The zero-order valence-electron chi connectivity index (χ0n) is 11.9. The van der Waals surface area contributed by atoms with Crippen LogP contribution in [0.1, 0.15) is 26.7 Å². The average molecular weight is 305 g/mol. The fraction of sp³-hybridized carbons (Fsp3) is 0.500. The first kappa shape index (κ1) is 17.1. The minimum absolute atomic E-state index is 0.267. The highest BCUT2D eigenvalue weighted by Crippen LogP contribution is 2.23. The van der Waals surface area contributed by atoms with Crippen LogP contribution in [-0.4, -0.2) is 19.1 Å². The molecule has 7 heteroatoms. The van der Waals surface area contributed by atoms with Crippen LogP contribution in [0.5, 0.6) is 5.75 Å². The van der Waals surface area contributed by atoms with Crippen molar-refractivity contribution in [2.24, 2.45) is 5.92 Å². The molecule has 0 saturated heterocycles. The van der Waals surface area contributed by atoms with Gasteiger partial charge in [0.25, 0.3) is 0 Å². The molecule has 0 radical (unpaired) electrons. The second-order valence-corrected chi connectivity index (χ2v) is 4.69. The van der Waals surface area contributed by atoms with Crippen molar-refractivity contribution < 1.29 is 27.4 Å². The quantitative estimate of drug-likeness (QED) is 0.837. The van der Waals surface area contributed by atoms with E-state index < -0.39 is 12.5 Å². The molecule has 0 aliphatic heterocycles. The first-order valence-electron chi connectivity index (χ1n) is 6.59. The molecule has 0 fully saturated rings. The van der Waals surface area contributed by atoms with Crippen LogP contribution < -0.4 is 10.1 Å². The van der Waals surface area contributed by atoms with Crippen LogP contribution >= 0.6 is 0 Å². The summed E-state index contributed by atoms with van der Waals surface area (Å²) in [5, 5.41) is 2.43. The molecule has 21 heavy (non-hydrogen) atoms. The first-order chi connectivity index (χ1) is 9.80. The van der Waals surface area contributed by atoms with E-state index >= 15 is 0 Å². The topological polar surface area (TPSA) is 47.6 Å². The molecular formula is C14H18F3NO3. The van der Waals surface area contributed by atoms with E-state index in [0.717, 1.165) is 25.0 Å². The lowest BCUT2D eigenvalue weighted by Gasteiger charge is -2.12. The number of hydrogen-bond donors (Lipinski definition) is 1. The van der Waals surface area contributed by atoms with Crippen molar-refractivity contribution >= 4 is 11.8 Å². The molecule has 0 aliphatic carbocycles. The second kappa shape index (κ2) is 7.75. The first-order valence-corrected chi connectivity index (χ1v) is 6.59. The standard InChI is InChI=1S/C14H18F3NO3/c1-3-4-10(2)9-20-13(19)18-11-5-7-12(8-6-11)21-14(15,16)17/h5-8,10H,3-4,9H2,1-2H3,(H,18,19)/t10-/m1/s1. The fourth-order valence-electron chi connectivity index (χ4n) is 1.69. The van der Waals surface area contributed by atoms with Crippen molar-refractivity contribution in [2.45, 2.75) is 33.1 Å². The Morgan fingerprint density at radius 3 is 2.43 bits per heavy atom. The minimum Gasteiger partial charge on any atom is -0.449 e. The Kier molecular flexibility index (Phi) is 6.33. The zero-order valence-corrected chi connectivity index (χ0v) is 11.9. The molecule has 0 heterocycles. The molecule has 1 rings (SSSR count). The molecule has 0 spiro atoms. The number of anilines is 1. The van der Waals surface area contributed by atoms with Crippen LogP contribution in [-0.2, 0) is 4.74 Å². The van der Waals surface area contributed by atoms with Gasteiger partial charge in [0.1, 0.15) is 5.75 Å². The molecule has 1 atom stereocenters. The lowest BCUT2D eigenvalue weighted by molar-refractivity contribution is -0.274. The van der Waals surface area contributed by atoms with Crippen LogP contribution in [0.25, 0.3) is 0 Å². The highest BCUT2D eigenvalue weighted by Gasteiger charge is 2.30. The summed E-state index contributed by atoms with van der Waals surface area (Å²) in [7, 11) is 0. The molecule has 0 saturated carbocycles. The molecule has 1 amide bonds. The number of benzene rings is 1. The van der Waals surface area contributed by atoms with E-state index in [1.54, 1.807) is 0 Å². The number of ether oxygens (including phenoxy) is 2. The van der Waals surface area contributed by atoms with Crippen LogP contribution in [0, 0.1) is 5.92 Å². The van der Waals surface area contributed by atoms with Gasteiger partial charge in [0, 0.05) is 5.69 Å².